The number of piperazine rings is 1. The van der Waals surface area contributed by atoms with Crippen molar-refractivity contribution in [1.82, 2.24) is 24.6 Å². The summed E-state index contributed by atoms with van der Waals surface area (Å²) in [5.74, 6) is 2.27. The van der Waals surface area contributed by atoms with Crippen LogP contribution in [0.25, 0.3) is 16.7 Å². The minimum atomic E-state index is -0.376. The van der Waals surface area contributed by atoms with Crippen LogP contribution in [0.3, 0.4) is 0 Å². The fourth-order valence-electron chi connectivity index (χ4n) is 6.68. The van der Waals surface area contributed by atoms with Crippen LogP contribution >= 0.6 is 0 Å². The van der Waals surface area contributed by atoms with Crippen LogP contribution in [0.1, 0.15) is 44.0 Å². The lowest BCUT2D eigenvalue weighted by atomic mass is 9.57. The first-order valence-corrected chi connectivity index (χ1v) is 13.4. The summed E-state index contributed by atoms with van der Waals surface area (Å²) >= 11 is 0. The number of nitrogens with zero attached hydrogens (tertiary/aromatic N) is 7. The van der Waals surface area contributed by atoms with Crippen molar-refractivity contribution in [3.8, 4) is 11.9 Å². The fraction of sp³-hybridized carbons (Fsp3) is 0.571. The number of rotatable bonds is 6. The van der Waals surface area contributed by atoms with Crippen LogP contribution in [0.15, 0.2) is 30.5 Å². The SMILES string of the molecule is COCc1nc(N2CCN(C3COC3)[C@@H](C)C2)cc(-n2ncc3ccc(C4(C#N)CC5(CC5)C4)cc32)n1. The molecule has 9 heteroatoms. The van der Waals surface area contributed by atoms with E-state index in [4.69, 9.17) is 24.5 Å². The zero-order valence-corrected chi connectivity index (χ0v) is 21.6. The van der Waals surface area contributed by atoms with E-state index in [1.165, 1.54) is 12.8 Å². The van der Waals surface area contributed by atoms with Crippen molar-refractivity contribution in [3.05, 3.63) is 41.9 Å². The highest BCUT2D eigenvalue weighted by atomic mass is 16.5. The summed E-state index contributed by atoms with van der Waals surface area (Å²) in [5.41, 5.74) is 2.13. The second kappa shape index (κ2) is 8.48. The van der Waals surface area contributed by atoms with E-state index < -0.39 is 0 Å². The molecule has 192 valence electrons. The van der Waals surface area contributed by atoms with Gasteiger partial charge in [0.1, 0.15) is 12.4 Å². The van der Waals surface area contributed by atoms with Gasteiger partial charge in [-0.2, -0.15) is 10.4 Å². The number of hydrogen-bond donors (Lipinski definition) is 0. The fourth-order valence-corrected chi connectivity index (χ4v) is 6.68. The van der Waals surface area contributed by atoms with Crippen LogP contribution in [0, 0.1) is 16.7 Å². The van der Waals surface area contributed by atoms with E-state index in [-0.39, 0.29) is 5.41 Å². The molecule has 2 aliphatic carbocycles. The number of methoxy groups -OCH3 is 1. The summed E-state index contributed by atoms with van der Waals surface area (Å²) in [6.07, 6.45) is 6.36. The highest BCUT2D eigenvalue weighted by molar-refractivity contribution is 5.81. The third kappa shape index (κ3) is 3.81. The van der Waals surface area contributed by atoms with E-state index >= 15 is 0 Å². The van der Waals surface area contributed by atoms with Gasteiger partial charge in [0.2, 0.25) is 0 Å². The van der Waals surface area contributed by atoms with Crippen LogP contribution < -0.4 is 4.90 Å². The number of fused-ring (bicyclic) bond motifs is 1. The molecule has 2 aromatic heterocycles. The van der Waals surface area contributed by atoms with Crippen molar-refractivity contribution in [2.75, 3.05) is 44.9 Å². The summed E-state index contributed by atoms with van der Waals surface area (Å²) < 4.78 is 12.7. The number of anilines is 1. The predicted molar refractivity (Wildman–Crippen MR) is 139 cm³/mol. The Labute approximate surface area is 217 Å². The monoisotopic (exact) mass is 499 g/mol. The molecule has 0 amide bonds. The first kappa shape index (κ1) is 23.1. The van der Waals surface area contributed by atoms with E-state index in [0.29, 0.717) is 29.9 Å². The highest BCUT2D eigenvalue weighted by Gasteiger charge is 2.62. The second-order valence-electron chi connectivity index (χ2n) is 11.5. The summed E-state index contributed by atoms with van der Waals surface area (Å²) in [7, 11) is 1.67. The standard InChI is InChI=1S/C28H33N7O2/c1-19-12-33(7-8-34(19)22-13-37-14-22)25-10-26(32-24(31-25)15-36-2)35-23-9-21(4-3-20(23)11-30-35)28(18-29)16-27(17-28)5-6-27/h3-4,9-11,19,22H,5-8,12-17H2,1-2H3/t19-/m0/s1. The van der Waals surface area contributed by atoms with Gasteiger partial charge in [-0.1, -0.05) is 12.1 Å². The Kier molecular flexibility index (Phi) is 5.29. The second-order valence-corrected chi connectivity index (χ2v) is 11.5. The van der Waals surface area contributed by atoms with Gasteiger partial charge in [-0.25, -0.2) is 14.6 Å². The lowest BCUT2D eigenvalue weighted by molar-refractivity contribution is -0.0793. The smallest absolute Gasteiger partial charge is 0.159 e. The highest BCUT2D eigenvalue weighted by Crippen LogP contribution is 2.68. The molecule has 37 heavy (non-hydrogen) atoms. The Balaban J connectivity index is 1.23. The van der Waals surface area contributed by atoms with Crippen molar-refractivity contribution in [2.24, 2.45) is 5.41 Å². The predicted octanol–water partition coefficient (Wildman–Crippen LogP) is 3.21. The minimum Gasteiger partial charge on any atom is -0.378 e. The van der Waals surface area contributed by atoms with Gasteiger partial charge < -0.3 is 14.4 Å². The lowest BCUT2D eigenvalue weighted by Gasteiger charge is -2.46. The van der Waals surface area contributed by atoms with E-state index in [1.807, 2.05) is 16.9 Å². The molecule has 2 aliphatic heterocycles. The Morgan fingerprint density at radius 3 is 2.62 bits per heavy atom. The summed E-state index contributed by atoms with van der Waals surface area (Å²) in [6, 6.07) is 12.0. The summed E-state index contributed by atoms with van der Waals surface area (Å²) in [6.45, 7) is 7.07. The average molecular weight is 500 g/mol. The molecule has 9 nitrogen and oxygen atoms in total. The van der Waals surface area contributed by atoms with Crippen molar-refractivity contribution in [1.29, 1.82) is 5.26 Å². The molecule has 0 bridgehead atoms. The molecule has 0 unspecified atom stereocenters. The van der Waals surface area contributed by atoms with Crippen LogP contribution in [0.2, 0.25) is 0 Å². The molecule has 7 rings (SSSR count). The number of ether oxygens (including phenoxy) is 2. The van der Waals surface area contributed by atoms with E-state index in [0.717, 1.165) is 73.8 Å². The number of benzene rings is 1. The van der Waals surface area contributed by atoms with E-state index in [9.17, 15) is 5.26 Å². The van der Waals surface area contributed by atoms with E-state index in [2.05, 4.69) is 41.0 Å². The Hall–Kier alpha value is -3.06. The molecule has 4 heterocycles. The molecule has 1 atom stereocenters. The molecule has 2 saturated heterocycles. The number of nitriles is 1. The largest absolute Gasteiger partial charge is 0.378 e. The normalized spacial score (nSPS) is 24.6. The minimum absolute atomic E-state index is 0.333. The third-order valence-electron chi connectivity index (χ3n) is 8.98. The van der Waals surface area contributed by atoms with E-state index in [1.54, 1.807) is 7.11 Å². The quantitative estimate of drug-likeness (QED) is 0.511. The molecule has 4 fully saturated rings. The molecule has 0 radical (unpaired) electrons. The van der Waals surface area contributed by atoms with Gasteiger partial charge in [-0.05, 0) is 49.7 Å². The maximum absolute atomic E-state index is 10.1. The molecular formula is C28H33N7O2. The van der Waals surface area contributed by atoms with Crippen molar-refractivity contribution in [2.45, 2.75) is 56.7 Å². The first-order chi connectivity index (χ1) is 18.0. The van der Waals surface area contributed by atoms with Gasteiger partial charge in [-0.15, -0.1) is 0 Å². The van der Waals surface area contributed by atoms with Gasteiger partial charge in [0.25, 0.3) is 0 Å². The first-order valence-electron chi connectivity index (χ1n) is 13.4. The third-order valence-corrected chi connectivity index (χ3v) is 8.98. The van der Waals surface area contributed by atoms with Crippen molar-refractivity contribution in [3.63, 3.8) is 0 Å². The maximum atomic E-state index is 10.1. The Morgan fingerprint density at radius 2 is 1.95 bits per heavy atom. The average Bonchev–Trinajstić information content (AvgIpc) is 3.53. The van der Waals surface area contributed by atoms with Crippen LogP contribution in [-0.2, 0) is 21.5 Å². The zero-order valence-electron chi connectivity index (χ0n) is 21.6. The molecule has 3 aromatic rings. The Morgan fingerprint density at radius 1 is 1.14 bits per heavy atom. The molecule has 2 saturated carbocycles. The van der Waals surface area contributed by atoms with Gasteiger partial charge in [0.05, 0.1) is 42.5 Å². The Bertz CT molecular complexity index is 1380. The van der Waals surface area contributed by atoms with Gasteiger partial charge in [0.15, 0.2) is 11.6 Å². The summed E-state index contributed by atoms with van der Waals surface area (Å²) in [4.78, 5) is 14.6. The van der Waals surface area contributed by atoms with Crippen LogP contribution in [0.4, 0.5) is 5.82 Å². The van der Waals surface area contributed by atoms with Crippen LogP contribution in [0.5, 0.6) is 0 Å². The topological polar surface area (TPSA) is 92.3 Å². The maximum Gasteiger partial charge on any atom is 0.159 e. The molecule has 1 spiro atoms. The number of hydrogen-bond acceptors (Lipinski definition) is 8. The lowest BCUT2D eigenvalue weighted by Crippen LogP contribution is -2.60. The molecule has 0 N–H and O–H groups in total. The van der Waals surface area contributed by atoms with Gasteiger partial charge in [-0.3, -0.25) is 4.90 Å². The van der Waals surface area contributed by atoms with Crippen LogP contribution in [-0.4, -0.2) is 76.7 Å². The molecule has 1 aromatic carbocycles. The van der Waals surface area contributed by atoms with Crippen molar-refractivity contribution >= 4 is 16.7 Å². The van der Waals surface area contributed by atoms with Gasteiger partial charge in [0, 0.05) is 44.2 Å². The number of aromatic nitrogens is 4. The zero-order chi connectivity index (χ0) is 25.2. The van der Waals surface area contributed by atoms with Gasteiger partial charge >= 0.3 is 0 Å². The molecular weight excluding hydrogens is 466 g/mol. The molecule has 4 aliphatic rings. The summed E-state index contributed by atoms with van der Waals surface area (Å²) in [5, 5.41) is 15.9. The van der Waals surface area contributed by atoms with Crippen molar-refractivity contribution < 1.29 is 9.47 Å².